The van der Waals surface area contributed by atoms with E-state index in [1.165, 1.54) is 12.1 Å². The third-order valence-electron chi connectivity index (χ3n) is 4.83. The van der Waals surface area contributed by atoms with Gasteiger partial charge >= 0.3 is 0 Å². The minimum absolute atomic E-state index is 0.0115. The van der Waals surface area contributed by atoms with E-state index < -0.39 is 11.9 Å². The number of morpholine rings is 1. The maximum Gasteiger partial charge on any atom is 0.267 e. The van der Waals surface area contributed by atoms with Crippen molar-refractivity contribution >= 4 is 17.5 Å². The largest absolute Gasteiger partial charge is 0.376 e. The molecule has 1 aliphatic rings. The Morgan fingerprint density at radius 2 is 2.21 bits per heavy atom. The van der Waals surface area contributed by atoms with E-state index in [4.69, 9.17) is 16.3 Å². The molecular weight excluding hydrogens is 399 g/mol. The molecule has 1 aromatic heterocycles. The molecule has 0 aliphatic carbocycles. The van der Waals surface area contributed by atoms with Crippen molar-refractivity contribution in [1.29, 1.82) is 0 Å². The fourth-order valence-corrected chi connectivity index (χ4v) is 3.73. The molecule has 1 amide bonds. The van der Waals surface area contributed by atoms with Crippen LogP contribution in [0.25, 0.3) is 0 Å². The number of aromatic nitrogens is 2. The van der Waals surface area contributed by atoms with Crippen LogP contribution in [0.1, 0.15) is 24.2 Å². The molecule has 2 atom stereocenters. The average molecular weight is 423 g/mol. The van der Waals surface area contributed by atoms with Crippen LogP contribution in [0.15, 0.2) is 35.1 Å². The summed E-state index contributed by atoms with van der Waals surface area (Å²) in [5.74, 6) is -0.809. The Hall–Kier alpha value is -2.29. The Balaban J connectivity index is 1.77. The van der Waals surface area contributed by atoms with Crippen LogP contribution in [0.2, 0.25) is 5.02 Å². The zero-order valence-corrected chi connectivity index (χ0v) is 17.2. The van der Waals surface area contributed by atoms with Crippen molar-refractivity contribution in [2.75, 3.05) is 26.2 Å². The van der Waals surface area contributed by atoms with Gasteiger partial charge in [-0.3, -0.25) is 14.5 Å². The van der Waals surface area contributed by atoms with Gasteiger partial charge in [0.05, 0.1) is 24.4 Å². The second-order valence-electron chi connectivity index (χ2n) is 7.10. The fourth-order valence-electron chi connectivity index (χ4n) is 3.44. The highest BCUT2D eigenvalue weighted by atomic mass is 35.5. The molecule has 2 heterocycles. The van der Waals surface area contributed by atoms with Gasteiger partial charge in [0, 0.05) is 36.3 Å². The van der Waals surface area contributed by atoms with Crippen molar-refractivity contribution in [3.05, 3.63) is 62.8 Å². The van der Waals surface area contributed by atoms with E-state index in [1.54, 1.807) is 25.1 Å². The topological polar surface area (TPSA) is 76.5 Å². The minimum Gasteiger partial charge on any atom is -0.376 e. The van der Waals surface area contributed by atoms with Gasteiger partial charge < -0.3 is 10.1 Å². The van der Waals surface area contributed by atoms with E-state index in [9.17, 15) is 14.0 Å². The van der Waals surface area contributed by atoms with Crippen LogP contribution >= 0.6 is 11.6 Å². The molecule has 1 aliphatic heterocycles. The van der Waals surface area contributed by atoms with Crippen LogP contribution < -0.4 is 10.9 Å². The number of halogens is 2. The molecule has 0 spiro atoms. The van der Waals surface area contributed by atoms with Crippen LogP contribution in [0.3, 0.4) is 0 Å². The number of hydrogen-bond acceptors (Lipinski definition) is 5. The van der Waals surface area contributed by atoms with Crippen molar-refractivity contribution in [2.45, 2.75) is 32.5 Å². The number of ether oxygens (including phenoxy) is 1. The van der Waals surface area contributed by atoms with Crippen LogP contribution in [-0.4, -0.2) is 52.9 Å². The molecule has 1 N–H and O–H groups in total. The van der Waals surface area contributed by atoms with E-state index in [0.717, 1.165) is 4.68 Å². The number of nitrogens with zero attached hydrogens (tertiary/aromatic N) is 3. The Kier molecular flexibility index (Phi) is 7.00. The van der Waals surface area contributed by atoms with Gasteiger partial charge in [-0.25, -0.2) is 9.07 Å². The molecule has 1 fully saturated rings. The summed E-state index contributed by atoms with van der Waals surface area (Å²) in [6, 6.07) is 7.04. The smallest absolute Gasteiger partial charge is 0.267 e. The van der Waals surface area contributed by atoms with Gasteiger partial charge in [0.1, 0.15) is 12.4 Å². The summed E-state index contributed by atoms with van der Waals surface area (Å²) in [7, 11) is 0. The van der Waals surface area contributed by atoms with E-state index in [2.05, 4.69) is 15.3 Å². The summed E-state index contributed by atoms with van der Waals surface area (Å²) in [6.45, 7) is 5.31. The second kappa shape index (κ2) is 9.47. The molecule has 0 radical (unpaired) electrons. The predicted molar refractivity (Wildman–Crippen MR) is 107 cm³/mol. The predicted octanol–water partition coefficient (Wildman–Crippen LogP) is 1.92. The maximum atomic E-state index is 14.6. The van der Waals surface area contributed by atoms with Crippen molar-refractivity contribution in [1.82, 2.24) is 20.0 Å². The normalized spacial score (nSPS) is 18.4. The van der Waals surface area contributed by atoms with Gasteiger partial charge in [0.15, 0.2) is 0 Å². The molecule has 0 bridgehead atoms. The number of rotatable bonds is 6. The lowest BCUT2D eigenvalue weighted by molar-refractivity contribution is -0.122. The number of aryl methyl sites for hydroxylation is 1. The first kappa shape index (κ1) is 21.4. The standard InChI is InChI=1S/C20H24ClFN4O3/c1-13-6-7-19(28)26(24-13)12-18(27)23-10-17(25-8-9-29-14(2)11-25)20-15(21)4-3-5-16(20)22/h3-7,14,17H,8-12H2,1-2H3,(H,23,27). The molecule has 0 saturated carbocycles. The summed E-state index contributed by atoms with van der Waals surface area (Å²) in [4.78, 5) is 26.4. The zero-order chi connectivity index (χ0) is 21.0. The summed E-state index contributed by atoms with van der Waals surface area (Å²) in [5, 5.41) is 7.16. The quantitative estimate of drug-likeness (QED) is 0.769. The van der Waals surface area contributed by atoms with E-state index in [-0.39, 0.29) is 30.7 Å². The highest BCUT2D eigenvalue weighted by molar-refractivity contribution is 6.31. The monoisotopic (exact) mass is 422 g/mol. The SMILES string of the molecule is Cc1ccc(=O)n(CC(=O)NCC(c2c(F)cccc2Cl)N2CCOC(C)C2)n1. The summed E-state index contributed by atoms with van der Waals surface area (Å²) in [5.41, 5.74) is 0.617. The summed E-state index contributed by atoms with van der Waals surface area (Å²) < 4.78 is 21.3. The Morgan fingerprint density at radius 3 is 2.93 bits per heavy atom. The molecular formula is C20H24ClFN4O3. The number of carbonyl (C=O) groups is 1. The highest BCUT2D eigenvalue weighted by Crippen LogP contribution is 2.31. The first-order chi connectivity index (χ1) is 13.8. The second-order valence-corrected chi connectivity index (χ2v) is 7.51. The zero-order valence-electron chi connectivity index (χ0n) is 16.4. The number of nitrogens with one attached hydrogen (secondary N) is 1. The highest BCUT2D eigenvalue weighted by Gasteiger charge is 2.29. The minimum atomic E-state index is -0.457. The molecule has 1 aromatic carbocycles. The lowest BCUT2D eigenvalue weighted by atomic mass is 10.0. The van der Waals surface area contributed by atoms with Gasteiger partial charge in [0.2, 0.25) is 5.91 Å². The molecule has 7 nitrogen and oxygen atoms in total. The Morgan fingerprint density at radius 1 is 1.41 bits per heavy atom. The van der Waals surface area contributed by atoms with E-state index in [0.29, 0.717) is 36.0 Å². The Bertz CT molecular complexity index is 916. The third-order valence-corrected chi connectivity index (χ3v) is 5.16. The number of carbonyl (C=O) groups excluding carboxylic acids is 1. The van der Waals surface area contributed by atoms with Gasteiger partial charge in [-0.05, 0) is 32.0 Å². The van der Waals surface area contributed by atoms with Crippen molar-refractivity contribution < 1.29 is 13.9 Å². The average Bonchev–Trinajstić information content (AvgIpc) is 2.67. The number of hydrogen-bond donors (Lipinski definition) is 1. The van der Waals surface area contributed by atoms with Crippen molar-refractivity contribution in [3.8, 4) is 0 Å². The molecule has 9 heteroatoms. The number of amides is 1. The first-order valence-electron chi connectivity index (χ1n) is 9.46. The van der Waals surface area contributed by atoms with E-state index >= 15 is 0 Å². The molecule has 2 unspecified atom stereocenters. The maximum absolute atomic E-state index is 14.6. The molecule has 2 aromatic rings. The first-order valence-corrected chi connectivity index (χ1v) is 9.84. The molecule has 156 valence electrons. The van der Waals surface area contributed by atoms with Gasteiger partial charge in [0.25, 0.3) is 5.56 Å². The lowest BCUT2D eigenvalue weighted by Gasteiger charge is -2.38. The molecule has 29 heavy (non-hydrogen) atoms. The molecule has 3 rings (SSSR count). The van der Waals surface area contributed by atoms with Gasteiger partial charge in [-0.15, -0.1) is 0 Å². The summed E-state index contributed by atoms with van der Waals surface area (Å²) >= 11 is 6.30. The van der Waals surface area contributed by atoms with Crippen molar-refractivity contribution in [3.63, 3.8) is 0 Å². The fraction of sp³-hybridized carbons (Fsp3) is 0.450. The van der Waals surface area contributed by atoms with E-state index in [1.807, 2.05) is 6.92 Å². The number of benzene rings is 1. The van der Waals surface area contributed by atoms with Crippen LogP contribution in [0.5, 0.6) is 0 Å². The Labute approximate surface area is 173 Å². The van der Waals surface area contributed by atoms with Crippen LogP contribution in [0, 0.1) is 12.7 Å². The summed E-state index contributed by atoms with van der Waals surface area (Å²) in [6.07, 6.45) is -0.0115. The van der Waals surface area contributed by atoms with Crippen LogP contribution in [-0.2, 0) is 16.1 Å². The lowest BCUT2D eigenvalue weighted by Crippen LogP contribution is -2.47. The van der Waals surface area contributed by atoms with Gasteiger partial charge in [-0.2, -0.15) is 5.10 Å². The van der Waals surface area contributed by atoms with Crippen molar-refractivity contribution in [2.24, 2.45) is 0 Å². The van der Waals surface area contributed by atoms with Gasteiger partial charge in [-0.1, -0.05) is 17.7 Å². The third kappa shape index (κ3) is 5.41. The molecule has 1 saturated heterocycles. The van der Waals surface area contributed by atoms with Crippen LogP contribution in [0.4, 0.5) is 4.39 Å².